The summed E-state index contributed by atoms with van der Waals surface area (Å²) in [5.41, 5.74) is 8.74. The number of aromatic hydroxyl groups is 1. The summed E-state index contributed by atoms with van der Waals surface area (Å²) in [4.78, 5) is 12.3. The van der Waals surface area contributed by atoms with E-state index in [1.54, 1.807) is 19.1 Å². The third-order valence-electron chi connectivity index (χ3n) is 3.15. The lowest BCUT2D eigenvalue weighted by Crippen LogP contribution is -2.16. The van der Waals surface area contributed by atoms with E-state index in [0.29, 0.717) is 11.3 Å². The van der Waals surface area contributed by atoms with Crippen molar-refractivity contribution in [1.29, 1.82) is 0 Å². The number of para-hydroxylation sites is 1. The van der Waals surface area contributed by atoms with E-state index in [2.05, 4.69) is 5.32 Å². The Balaban J connectivity index is 2.28. The van der Waals surface area contributed by atoms with Crippen molar-refractivity contribution >= 4 is 11.6 Å². The third kappa shape index (κ3) is 2.97. The molecule has 2 rings (SSSR count). The maximum atomic E-state index is 12.3. The van der Waals surface area contributed by atoms with Crippen LogP contribution in [0.4, 0.5) is 5.69 Å². The SMILES string of the molecule is Cc1cc(O)ccc1C(=O)Nc1ccccc1C(C)N. The molecule has 0 heterocycles. The molecule has 0 radical (unpaired) electrons. The smallest absolute Gasteiger partial charge is 0.255 e. The fraction of sp³-hybridized carbons (Fsp3) is 0.188. The standard InChI is InChI=1S/C16H18N2O2/c1-10-9-12(19)7-8-13(10)16(20)18-15-6-4-3-5-14(15)11(2)17/h3-9,11,19H,17H2,1-2H3,(H,18,20). The van der Waals surface area contributed by atoms with Gasteiger partial charge in [-0.25, -0.2) is 0 Å². The molecular formula is C16H18N2O2. The molecular weight excluding hydrogens is 252 g/mol. The van der Waals surface area contributed by atoms with E-state index < -0.39 is 0 Å². The summed E-state index contributed by atoms with van der Waals surface area (Å²) in [7, 11) is 0. The van der Waals surface area contributed by atoms with E-state index >= 15 is 0 Å². The molecule has 0 fully saturated rings. The van der Waals surface area contributed by atoms with Gasteiger partial charge in [0.1, 0.15) is 5.75 Å². The highest BCUT2D eigenvalue weighted by molar-refractivity contribution is 6.05. The first kappa shape index (κ1) is 14.1. The van der Waals surface area contributed by atoms with E-state index in [9.17, 15) is 9.90 Å². The van der Waals surface area contributed by atoms with Crippen LogP contribution in [0.1, 0.15) is 34.5 Å². The van der Waals surface area contributed by atoms with Gasteiger partial charge in [-0.2, -0.15) is 0 Å². The number of aryl methyl sites for hydroxylation is 1. The molecule has 1 amide bonds. The third-order valence-corrected chi connectivity index (χ3v) is 3.15. The van der Waals surface area contributed by atoms with Crippen LogP contribution < -0.4 is 11.1 Å². The lowest BCUT2D eigenvalue weighted by Gasteiger charge is -2.14. The molecule has 1 unspecified atom stereocenters. The monoisotopic (exact) mass is 270 g/mol. The molecule has 0 bridgehead atoms. The molecule has 20 heavy (non-hydrogen) atoms. The lowest BCUT2D eigenvalue weighted by atomic mass is 10.0. The minimum atomic E-state index is -0.212. The van der Waals surface area contributed by atoms with Crippen LogP contribution in [0.15, 0.2) is 42.5 Å². The highest BCUT2D eigenvalue weighted by Gasteiger charge is 2.13. The van der Waals surface area contributed by atoms with Crippen LogP contribution in [-0.2, 0) is 0 Å². The highest BCUT2D eigenvalue weighted by Crippen LogP contribution is 2.22. The van der Waals surface area contributed by atoms with Crippen molar-refractivity contribution in [3.05, 3.63) is 59.2 Å². The zero-order chi connectivity index (χ0) is 14.7. The van der Waals surface area contributed by atoms with Crippen molar-refractivity contribution in [3.63, 3.8) is 0 Å². The second kappa shape index (κ2) is 5.75. The molecule has 0 saturated heterocycles. The van der Waals surface area contributed by atoms with Gasteiger partial charge in [-0.3, -0.25) is 4.79 Å². The van der Waals surface area contributed by atoms with E-state index in [1.807, 2.05) is 31.2 Å². The molecule has 0 saturated carbocycles. The second-order valence-corrected chi connectivity index (χ2v) is 4.83. The molecule has 4 heteroatoms. The zero-order valence-corrected chi connectivity index (χ0v) is 11.6. The van der Waals surface area contributed by atoms with Crippen LogP contribution >= 0.6 is 0 Å². The Morgan fingerprint density at radius 2 is 1.95 bits per heavy atom. The number of hydrogen-bond donors (Lipinski definition) is 3. The Labute approximate surface area is 118 Å². The van der Waals surface area contributed by atoms with Crippen molar-refractivity contribution in [3.8, 4) is 5.75 Å². The van der Waals surface area contributed by atoms with Gasteiger partial charge in [-0.15, -0.1) is 0 Å². The average molecular weight is 270 g/mol. The summed E-state index contributed by atoms with van der Waals surface area (Å²) in [6.45, 7) is 3.66. The summed E-state index contributed by atoms with van der Waals surface area (Å²) < 4.78 is 0. The lowest BCUT2D eigenvalue weighted by molar-refractivity contribution is 0.102. The van der Waals surface area contributed by atoms with Crippen LogP contribution in [0.3, 0.4) is 0 Å². The number of nitrogens with two attached hydrogens (primary N) is 1. The largest absolute Gasteiger partial charge is 0.508 e. The predicted octanol–water partition coefficient (Wildman–Crippen LogP) is 2.97. The molecule has 0 aromatic heterocycles. The summed E-state index contributed by atoms with van der Waals surface area (Å²) in [6, 6.07) is 12.0. The summed E-state index contributed by atoms with van der Waals surface area (Å²) >= 11 is 0. The minimum absolute atomic E-state index is 0.148. The van der Waals surface area contributed by atoms with Crippen LogP contribution in [0, 0.1) is 6.92 Å². The van der Waals surface area contributed by atoms with E-state index in [4.69, 9.17) is 5.73 Å². The number of nitrogens with one attached hydrogen (secondary N) is 1. The van der Waals surface area contributed by atoms with Crippen LogP contribution in [-0.4, -0.2) is 11.0 Å². The number of carbonyl (C=O) groups excluding carboxylic acids is 1. The summed E-state index contributed by atoms with van der Waals surface area (Å²) in [6.07, 6.45) is 0. The number of phenolic OH excluding ortho intramolecular Hbond substituents is 1. The minimum Gasteiger partial charge on any atom is -0.508 e. The number of amides is 1. The average Bonchev–Trinajstić information content (AvgIpc) is 2.38. The molecule has 0 spiro atoms. The van der Waals surface area contributed by atoms with E-state index in [-0.39, 0.29) is 17.7 Å². The number of rotatable bonds is 3. The highest BCUT2D eigenvalue weighted by atomic mass is 16.3. The Hall–Kier alpha value is -2.33. The molecule has 0 aliphatic heterocycles. The van der Waals surface area contributed by atoms with Crippen LogP contribution in [0.2, 0.25) is 0 Å². The van der Waals surface area contributed by atoms with Gasteiger partial charge >= 0.3 is 0 Å². The molecule has 4 nitrogen and oxygen atoms in total. The Morgan fingerprint density at radius 1 is 1.25 bits per heavy atom. The summed E-state index contributed by atoms with van der Waals surface area (Å²) in [5.74, 6) is -0.0642. The summed E-state index contributed by atoms with van der Waals surface area (Å²) in [5, 5.41) is 12.2. The maximum absolute atomic E-state index is 12.3. The molecule has 1 atom stereocenters. The maximum Gasteiger partial charge on any atom is 0.255 e. The number of phenols is 1. The van der Waals surface area contributed by atoms with Crippen molar-refractivity contribution in [1.82, 2.24) is 0 Å². The van der Waals surface area contributed by atoms with Gasteiger partial charge in [0.15, 0.2) is 0 Å². The van der Waals surface area contributed by atoms with Gasteiger partial charge in [-0.1, -0.05) is 18.2 Å². The van der Waals surface area contributed by atoms with Crippen molar-refractivity contribution in [2.45, 2.75) is 19.9 Å². The number of benzene rings is 2. The fourth-order valence-corrected chi connectivity index (χ4v) is 2.10. The van der Waals surface area contributed by atoms with Gasteiger partial charge in [0.2, 0.25) is 0 Å². The quantitative estimate of drug-likeness (QED) is 0.802. The first-order chi connectivity index (χ1) is 9.49. The number of carbonyl (C=O) groups is 1. The molecule has 4 N–H and O–H groups in total. The fourth-order valence-electron chi connectivity index (χ4n) is 2.10. The Kier molecular flexibility index (Phi) is 4.05. The van der Waals surface area contributed by atoms with Gasteiger partial charge in [0, 0.05) is 17.3 Å². The Morgan fingerprint density at radius 3 is 2.60 bits per heavy atom. The zero-order valence-electron chi connectivity index (χ0n) is 11.6. The molecule has 0 aliphatic rings. The first-order valence-corrected chi connectivity index (χ1v) is 6.44. The van der Waals surface area contributed by atoms with Crippen LogP contribution in [0.25, 0.3) is 0 Å². The molecule has 2 aromatic carbocycles. The Bertz CT molecular complexity index is 636. The molecule has 104 valence electrons. The number of anilines is 1. The topological polar surface area (TPSA) is 75.3 Å². The van der Waals surface area contributed by atoms with Gasteiger partial charge < -0.3 is 16.2 Å². The van der Waals surface area contributed by atoms with Gasteiger partial charge in [0.25, 0.3) is 5.91 Å². The first-order valence-electron chi connectivity index (χ1n) is 6.44. The molecule has 2 aromatic rings. The normalized spacial score (nSPS) is 11.9. The van der Waals surface area contributed by atoms with E-state index in [0.717, 1.165) is 11.1 Å². The molecule has 0 aliphatic carbocycles. The van der Waals surface area contributed by atoms with Crippen molar-refractivity contribution in [2.24, 2.45) is 5.73 Å². The van der Waals surface area contributed by atoms with Crippen LogP contribution in [0.5, 0.6) is 5.75 Å². The van der Waals surface area contributed by atoms with Gasteiger partial charge in [0.05, 0.1) is 0 Å². The number of hydrogen-bond acceptors (Lipinski definition) is 3. The van der Waals surface area contributed by atoms with Crippen molar-refractivity contribution < 1.29 is 9.90 Å². The van der Waals surface area contributed by atoms with Crippen molar-refractivity contribution in [2.75, 3.05) is 5.32 Å². The van der Waals surface area contributed by atoms with E-state index in [1.165, 1.54) is 6.07 Å². The van der Waals surface area contributed by atoms with Gasteiger partial charge in [-0.05, 0) is 49.2 Å². The second-order valence-electron chi connectivity index (χ2n) is 4.83. The predicted molar refractivity (Wildman–Crippen MR) is 79.8 cm³/mol.